The van der Waals surface area contributed by atoms with E-state index in [0.717, 1.165) is 0 Å². The van der Waals surface area contributed by atoms with Crippen LogP contribution in [-0.2, 0) is 0 Å². The average Bonchev–Trinajstić information content (AvgIpc) is 2.66. The molecule has 164 valence electrons. The first-order valence-electron chi connectivity index (χ1n) is 9.68. The van der Waals surface area contributed by atoms with Crippen molar-refractivity contribution in [3.8, 4) is 34.5 Å². The van der Waals surface area contributed by atoms with Gasteiger partial charge in [-0.15, -0.1) is 0 Å². The molecule has 2 N–H and O–H groups in total. The SMILES string of the molecule is CCOc1cc(O)cc(OCC)c1C(=C(Br)Br)c1c(OCC)cc(O)cc1OCC. The minimum absolute atomic E-state index is 0.0245. The molecule has 2 aromatic rings. The Hall–Kier alpha value is -2.06. The molecule has 6 nitrogen and oxygen atoms in total. The smallest absolute Gasteiger partial charge is 0.134 e. The number of phenols is 2. The molecule has 2 rings (SSSR count). The number of benzene rings is 2. The van der Waals surface area contributed by atoms with Gasteiger partial charge in [-0.25, -0.2) is 0 Å². The molecule has 0 radical (unpaired) electrons. The van der Waals surface area contributed by atoms with Crippen molar-refractivity contribution in [1.82, 2.24) is 0 Å². The molecule has 0 aromatic heterocycles. The molecule has 0 unspecified atom stereocenters. The molecule has 0 aliphatic heterocycles. The second-order valence-corrected chi connectivity index (χ2v) is 8.65. The highest BCUT2D eigenvalue weighted by Gasteiger charge is 2.27. The molecule has 2 aromatic carbocycles. The molecule has 0 saturated carbocycles. The molecule has 0 saturated heterocycles. The predicted molar refractivity (Wildman–Crippen MR) is 125 cm³/mol. The lowest BCUT2D eigenvalue weighted by atomic mass is 9.95. The topological polar surface area (TPSA) is 77.4 Å². The summed E-state index contributed by atoms with van der Waals surface area (Å²) in [4.78, 5) is 0. The number of hydrogen-bond acceptors (Lipinski definition) is 6. The maximum atomic E-state index is 10.2. The highest BCUT2D eigenvalue weighted by Crippen LogP contribution is 2.50. The second-order valence-electron chi connectivity index (χ2n) is 6.00. The van der Waals surface area contributed by atoms with Gasteiger partial charge in [0.2, 0.25) is 0 Å². The van der Waals surface area contributed by atoms with Crippen LogP contribution < -0.4 is 18.9 Å². The monoisotopic (exact) mass is 544 g/mol. The van der Waals surface area contributed by atoms with Gasteiger partial charge in [-0.1, -0.05) is 0 Å². The quantitative estimate of drug-likeness (QED) is 0.370. The molecule has 0 atom stereocenters. The zero-order chi connectivity index (χ0) is 22.3. The van der Waals surface area contributed by atoms with Crippen molar-refractivity contribution in [2.45, 2.75) is 27.7 Å². The van der Waals surface area contributed by atoms with E-state index in [0.29, 0.717) is 69.5 Å². The zero-order valence-electron chi connectivity index (χ0n) is 17.4. The van der Waals surface area contributed by atoms with Gasteiger partial charge >= 0.3 is 0 Å². The van der Waals surface area contributed by atoms with Gasteiger partial charge in [0.15, 0.2) is 0 Å². The Balaban J connectivity index is 2.94. The van der Waals surface area contributed by atoms with Gasteiger partial charge in [-0.3, -0.25) is 0 Å². The van der Waals surface area contributed by atoms with Crippen LogP contribution in [0.15, 0.2) is 27.7 Å². The normalized spacial score (nSPS) is 10.5. The Kier molecular flexibility index (Phi) is 9.17. The maximum Gasteiger partial charge on any atom is 0.134 e. The Labute approximate surface area is 193 Å². The van der Waals surface area contributed by atoms with E-state index in [1.54, 1.807) is 0 Å². The summed E-state index contributed by atoms with van der Waals surface area (Å²) in [7, 11) is 0. The molecular formula is C22H26Br2O6. The highest BCUT2D eigenvalue weighted by molar-refractivity contribution is 9.28. The Bertz CT molecular complexity index is 785. The van der Waals surface area contributed by atoms with Crippen LogP contribution in [-0.4, -0.2) is 36.6 Å². The van der Waals surface area contributed by atoms with Crippen LogP contribution in [0.1, 0.15) is 38.8 Å². The number of rotatable bonds is 10. The lowest BCUT2D eigenvalue weighted by molar-refractivity contribution is 0.314. The number of halogens is 2. The molecule has 8 heteroatoms. The highest BCUT2D eigenvalue weighted by atomic mass is 79.9. The van der Waals surface area contributed by atoms with Gasteiger partial charge in [0.25, 0.3) is 0 Å². The third-order valence-corrected chi connectivity index (χ3v) is 4.78. The first-order chi connectivity index (χ1) is 14.4. The first-order valence-corrected chi connectivity index (χ1v) is 11.3. The van der Waals surface area contributed by atoms with Crippen molar-refractivity contribution in [2.75, 3.05) is 26.4 Å². The van der Waals surface area contributed by atoms with E-state index < -0.39 is 0 Å². The summed E-state index contributed by atoms with van der Waals surface area (Å²) in [6.07, 6.45) is 0. The van der Waals surface area contributed by atoms with Gasteiger partial charge in [-0.2, -0.15) is 0 Å². The van der Waals surface area contributed by atoms with Crippen LogP contribution >= 0.6 is 31.9 Å². The lowest BCUT2D eigenvalue weighted by Gasteiger charge is -2.23. The van der Waals surface area contributed by atoms with Crippen LogP contribution in [0.5, 0.6) is 34.5 Å². The molecular weight excluding hydrogens is 520 g/mol. The van der Waals surface area contributed by atoms with Gasteiger partial charge in [0.05, 0.1) is 40.9 Å². The summed E-state index contributed by atoms with van der Waals surface area (Å²) >= 11 is 7.08. The van der Waals surface area contributed by atoms with Crippen molar-refractivity contribution in [3.05, 3.63) is 38.8 Å². The summed E-state index contributed by atoms with van der Waals surface area (Å²) in [5, 5.41) is 20.4. The molecule has 0 bridgehead atoms. The van der Waals surface area contributed by atoms with E-state index in [-0.39, 0.29) is 11.5 Å². The van der Waals surface area contributed by atoms with E-state index in [4.69, 9.17) is 18.9 Å². The van der Waals surface area contributed by atoms with Crippen LogP contribution in [0.3, 0.4) is 0 Å². The second kappa shape index (κ2) is 11.4. The summed E-state index contributed by atoms with van der Waals surface area (Å²) < 4.78 is 23.9. The molecule has 0 aliphatic carbocycles. The van der Waals surface area contributed by atoms with E-state index in [1.807, 2.05) is 27.7 Å². The molecule has 0 spiro atoms. The summed E-state index contributed by atoms with van der Waals surface area (Å²) in [6, 6.07) is 6.13. The van der Waals surface area contributed by atoms with Crippen LogP contribution in [0, 0.1) is 0 Å². The third-order valence-electron chi connectivity index (χ3n) is 3.99. The van der Waals surface area contributed by atoms with Crippen LogP contribution in [0.25, 0.3) is 5.57 Å². The Morgan fingerprint density at radius 1 is 0.633 bits per heavy atom. The third kappa shape index (κ3) is 5.55. The van der Waals surface area contributed by atoms with Gasteiger partial charge in [0, 0.05) is 29.8 Å². The summed E-state index contributed by atoms with van der Waals surface area (Å²) in [6.45, 7) is 9.00. The maximum absolute atomic E-state index is 10.2. The van der Waals surface area contributed by atoms with Crippen molar-refractivity contribution in [2.24, 2.45) is 0 Å². The van der Waals surface area contributed by atoms with Gasteiger partial charge in [-0.05, 0) is 59.6 Å². The Morgan fingerprint density at radius 2 is 0.900 bits per heavy atom. The van der Waals surface area contributed by atoms with Gasteiger partial charge < -0.3 is 29.2 Å². The fourth-order valence-electron chi connectivity index (χ4n) is 3.04. The van der Waals surface area contributed by atoms with E-state index in [1.165, 1.54) is 24.3 Å². The first kappa shape index (κ1) is 24.2. The molecule has 0 fully saturated rings. The van der Waals surface area contributed by atoms with E-state index in [2.05, 4.69) is 31.9 Å². The number of phenolic OH excluding ortho intramolecular Hbond substituents is 2. The summed E-state index contributed by atoms with van der Waals surface area (Å²) in [5.74, 6) is 1.79. The summed E-state index contributed by atoms with van der Waals surface area (Å²) in [5.41, 5.74) is 1.84. The molecule has 30 heavy (non-hydrogen) atoms. The fourth-order valence-corrected chi connectivity index (χ4v) is 3.83. The number of ether oxygens (including phenoxy) is 4. The van der Waals surface area contributed by atoms with Crippen molar-refractivity contribution in [1.29, 1.82) is 0 Å². The lowest BCUT2D eigenvalue weighted by Crippen LogP contribution is -2.06. The van der Waals surface area contributed by atoms with Crippen LogP contribution in [0.4, 0.5) is 0 Å². The minimum atomic E-state index is 0.0245. The zero-order valence-corrected chi connectivity index (χ0v) is 20.6. The fraction of sp³-hybridized carbons (Fsp3) is 0.364. The standard InChI is InChI=1S/C22H26Br2O6/c1-5-27-15-9-13(25)10-16(28-6-2)19(15)21(22(23)24)20-17(29-7-3)11-14(26)12-18(20)30-8-4/h9-12,25-26H,5-8H2,1-4H3. The number of aromatic hydroxyl groups is 2. The van der Waals surface area contributed by atoms with E-state index in [9.17, 15) is 10.2 Å². The van der Waals surface area contributed by atoms with Crippen molar-refractivity contribution < 1.29 is 29.2 Å². The predicted octanol–water partition coefficient (Wildman–Crippen LogP) is 6.20. The van der Waals surface area contributed by atoms with Crippen LogP contribution in [0.2, 0.25) is 0 Å². The van der Waals surface area contributed by atoms with Crippen molar-refractivity contribution >= 4 is 37.4 Å². The van der Waals surface area contributed by atoms with Gasteiger partial charge in [0.1, 0.15) is 34.5 Å². The minimum Gasteiger partial charge on any atom is -0.508 e. The molecule has 0 heterocycles. The average molecular weight is 546 g/mol. The number of hydrogen-bond donors (Lipinski definition) is 2. The Morgan fingerprint density at radius 3 is 1.10 bits per heavy atom. The largest absolute Gasteiger partial charge is 0.508 e. The molecule has 0 aliphatic rings. The van der Waals surface area contributed by atoms with Crippen molar-refractivity contribution in [3.63, 3.8) is 0 Å². The molecule has 0 amide bonds. The van der Waals surface area contributed by atoms with E-state index >= 15 is 0 Å².